The van der Waals surface area contributed by atoms with Gasteiger partial charge in [-0.25, -0.2) is 23.7 Å². The number of nitrogen functional groups attached to an aromatic ring is 1. The Morgan fingerprint density at radius 3 is 2.66 bits per heavy atom. The van der Waals surface area contributed by atoms with E-state index in [2.05, 4.69) is 26.2 Å². The van der Waals surface area contributed by atoms with Gasteiger partial charge in [0.25, 0.3) is 5.91 Å². The number of nitrogens with zero attached hydrogens (tertiary/aromatic N) is 4. The van der Waals surface area contributed by atoms with Gasteiger partial charge in [0.2, 0.25) is 0 Å². The second-order valence-electron chi connectivity index (χ2n) is 8.64. The van der Waals surface area contributed by atoms with Gasteiger partial charge in [-0.05, 0) is 42.0 Å². The summed E-state index contributed by atoms with van der Waals surface area (Å²) in [6, 6.07) is 4.28. The number of terminal acetylenes is 1. The Morgan fingerprint density at radius 2 is 2.00 bits per heavy atom. The van der Waals surface area contributed by atoms with Gasteiger partial charge in [0.1, 0.15) is 29.3 Å². The number of anilines is 1. The van der Waals surface area contributed by atoms with Crippen LogP contribution in [0, 0.1) is 36.8 Å². The first-order valence-corrected chi connectivity index (χ1v) is 10.9. The van der Waals surface area contributed by atoms with Crippen LogP contribution >= 0.6 is 0 Å². The number of benzene rings is 1. The number of fused-ring (bicyclic) bond motifs is 1. The number of pyridine rings is 1. The van der Waals surface area contributed by atoms with Crippen LogP contribution in [0.15, 0.2) is 30.7 Å². The topological polar surface area (TPSA) is 98.7 Å². The molecule has 3 aromatic heterocycles. The summed E-state index contributed by atoms with van der Waals surface area (Å²) in [6.45, 7) is 5.91. The second-order valence-corrected chi connectivity index (χ2v) is 8.64. The number of aryl methyl sites for hydroxylation is 1. The average molecular weight is 475 g/mol. The molecule has 9 heteroatoms. The maximum atomic E-state index is 15.2. The van der Waals surface area contributed by atoms with Crippen molar-refractivity contribution < 1.29 is 13.6 Å². The molecule has 0 bridgehead atoms. The molecule has 0 saturated heterocycles. The van der Waals surface area contributed by atoms with Crippen LogP contribution in [0.3, 0.4) is 0 Å². The lowest BCUT2D eigenvalue weighted by atomic mass is 9.96. The zero-order chi connectivity index (χ0) is 25.4. The van der Waals surface area contributed by atoms with Crippen molar-refractivity contribution in [2.75, 3.05) is 12.3 Å². The first-order chi connectivity index (χ1) is 16.6. The molecule has 4 rings (SSSR count). The fourth-order valence-corrected chi connectivity index (χ4v) is 4.04. The van der Waals surface area contributed by atoms with E-state index in [-0.39, 0.29) is 28.6 Å². The number of halogens is 2. The second kappa shape index (κ2) is 9.14. The van der Waals surface area contributed by atoms with Crippen LogP contribution in [0.25, 0.3) is 33.4 Å². The molecule has 0 atom stereocenters. The highest BCUT2D eigenvalue weighted by atomic mass is 19.1. The third-order valence-electron chi connectivity index (χ3n) is 5.83. The van der Waals surface area contributed by atoms with Gasteiger partial charge in [0.15, 0.2) is 5.82 Å². The molecule has 178 valence electrons. The van der Waals surface area contributed by atoms with E-state index in [0.717, 1.165) is 0 Å². The molecule has 7 nitrogen and oxygen atoms in total. The summed E-state index contributed by atoms with van der Waals surface area (Å²) in [4.78, 5) is 25.0. The molecule has 0 aliphatic carbocycles. The van der Waals surface area contributed by atoms with Crippen molar-refractivity contribution in [3.63, 3.8) is 0 Å². The van der Waals surface area contributed by atoms with Gasteiger partial charge in [0.05, 0.1) is 16.6 Å². The zero-order valence-corrected chi connectivity index (χ0v) is 19.8. The fraction of sp³-hybridized carbons (Fsp3) is 0.231. The Labute approximate surface area is 201 Å². The van der Waals surface area contributed by atoms with Crippen molar-refractivity contribution in [2.45, 2.75) is 20.8 Å². The quantitative estimate of drug-likeness (QED) is 0.422. The molecule has 3 N–H and O–H groups in total. The summed E-state index contributed by atoms with van der Waals surface area (Å²) in [5.74, 6) is 0.802. The van der Waals surface area contributed by atoms with Gasteiger partial charge in [-0.15, -0.1) is 6.42 Å². The van der Waals surface area contributed by atoms with Crippen molar-refractivity contribution in [1.82, 2.24) is 24.8 Å². The molecular weight excluding hydrogens is 450 g/mol. The van der Waals surface area contributed by atoms with E-state index >= 15 is 4.39 Å². The number of aromatic nitrogens is 4. The SMILES string of the molecule is C#Cc1ncc(-c2c(-c3ccc(C(=O)NCC(C)C)c(F)c3)c3c(N)ncnc3n2C)c(C)c1F. The van der Waals surface area contributed by atoms with Crippen LogP contribution in [0.4, 0.5) is 14.6 Å². The molecule has 0 aliphatic rings. The van der Waals surface area contributed by atoms with Crippen molar-refractivity contribution in [3.8, 4) is 34.7 Å². The molecule has 0 radical (unpaired) electrons. The maximum Gasteiger partial charge on any atom is 0.254 e. The predicted molar refractivity (Wildman–Crippen MR) is 131 cm³/mol. The molecule has 1 aromatic carbocycles. The number of rotatable bonds is 5. The zero-order valence-electron chi connectivity index (χ0n) is 19.8. The molecule has 0 aliphatic heterocycles. The third-order valence-corrected chi connectivity index (χ3v) is 5.83. The standard InChI is InChI=1S/C26H24F2N6O/c1-6-19-22(28)14(4)17(11-30-19)23-20(21-24(29)32-12-33-25(21)34(23)5)15-7-8-16(18(27)9-15)26(35)31-10-13(2)3/h1,7-9,11-13H,10H2,2-5H3,(H,31,35)(H2,29,32,33). The number of hydrogen-bond acceptors (Lipinski definition) is 5. The molecule has 35 heavy (non-hydrogen) atoms. The van der Waals surface area contributed by atoms with Crippen LogP contribution in [-0.2, 0) is 7.05 Å². The minimum absolute atomic E-state index is 0.0809. The Hall–Kier alpha value is -4.32. The Kier molecular flexibility index (Phi) is 6.22. The number of hydrogen-bond donors (Lipinski definition) is 2. The lowest BCUT2D eigenvalue weighted by Crippen LogP contribution is -2.28. The molecule has 4 aromatic rings. The average Bonchev–Trinajstić information content (AvgIpc) is 3.12. The van der Waals surface area contributed by atoms with E-state index in [0.29, 0.717) is 40.0 Å². The summed E-state index contributed by atoms with van der Waals surface area (Å²) < 4.78 is 31.8. The molecule has 0 unspecified atom stereocenters. The molecule has 3 heterocycles. The van der Waals surface area contributed by atoms with Gasteiger partial charge in [-0.2, -0.15) is 0 Å². The number of nitrogens with two attached hydrogens (primary N) is 1. The summed E-state index contributed by atoms with van der Waals surface area (Å²) in [5.41, 5.74) is 8.64. The number of carbonyl (C=O) groups is 1. The molecular formula is C26H24F2N6O. The van der Waals surface area contributed by atoms with Gasteiger partial charge in [0, 0.05) is 30.9 Å². The van der Waals surface area contributed by atoms with Gasteiger partial charge < -0.3 is 15.6 Å². The number of carbonyl (C=O) groups excluding carboxylic acids is 1. The number of amides is 1. The first kappa shape index (κ1) is 23.8. The predicted octanol–water partition coefficient (Wildman–Crippen LogP) is 4.23. The minimum Gasteiger partial charge on any atom is -0.383 e. The van der Waals surface area contributed by atoms with Crippen LogP contribution in [0.1, 0.15) is 35.5 Å². The van der Waals surface area contributed by atoms with E-state index in [1.165, 1.54) is 24.7 Å². The third kappa shape index (κ3) is 4.08. The van der Waals surface area contributed by atoms with E-state index in [1.807, 2.05) is 13.8 Å². The first-order valence-electron chi connectivity index (χ1n) is 10.9. The number of nitrogens with one attached hydrogen (secondary N) is 1. The molecule has 0 fully saturated rings. The fourth-order valence-electron chi connectivity index (χ4n) is 4.04. The van der Waals surface area contributed by atoms with E-state index in [1.54, 1.807) is 24.6 Å². The van der Waals surface area contributed by atoms with E-state index in [9.17, 15) is 9.18 Å². The highest BCUT2D eigenvalue weighted by Gasteiger charge is 2.25. The smallest absolute Gasteiger partial charge is 0.254 e. The van der Waals surface area contributed by atoms with Crippen LogP contribution < -0.4 is 11.1 Å². The van der Waals surface area contributed by atoms with Gasteiger partial charge >= 0.3 is 0 Å². The molecule has 1 amide bonds. The monoisotopic (exact) mass is 474 g/mol. The molecule has 0 saturated carbocycles. The van der Waals surface area contributed by atoms with Crippen LogP contribution in [0.2, 0.25) is 0 Å². The summed E-state index contributed by atoms with van der Waals surface area (Å²) >= 11 is 0. The van der Waals surface area contributed by atoms with Gasteiger partial charge in [-0.3, -0.25) is 4.79 Å². The van der Waals surface area contributed by atoms with Gasteiger partial charge in [-0.1, -0.05) is 19.9 Å². The van der Waals surface area contributed by atoms with E-state index in [4.69, 9.17) is 12.2 Å². The Bertz CT molecular complexity index is 1520. The van der Waals surface area contributed by atoms with E-state index < -0.39 is 17.5 Å². The normalized spacial score (nSPS) is 11.1. The Balaban J connectivity index is 1.97. The highest BCUT2D eigenvalue weighted by molar-refractivity contribution is 6.08. The summed E-state index contributed by atoms with van der Waals surface area (Å²) in [5, 5.41) is 3.19. The molecule has 0 spiro atoms. The maximum absolute atomic E-state index is 15.2. The van der Waals surface area contributed by atoms with Crippen molar-refractivity contribution in [3.05, 3.63) is 59.2 Å². The van der Waals surface area contributed by atoms with Crippen molar-refractivity contribution in [1.29, 1.82) is 0 Å². The van der Waals surface area contributed by atoms with Crippen molar-refractivity contribution >= 4 is 22.8 Å². The van der Waals surface area contributed by atoms with Crippen molar-refractivity contribution in [2.24, 2.45) is 13.0 Å². The Morgan fingerprint density at radius 1 is 1.26 bits per heavy atom. The lowest BCUT2D eigenvalue weighted by molar-refractivity contribution is 0.0945. The van der Waals surface area contributed by atoms with Crippen LogP contribution in [0.5, 0.6) is 0 Å². The minimum atomic E-state index is -0.703. The summed E-state index contributed by atoms with van der Waals surface area (Å²) in [7, 11) is 1.74. The highest BCUT2D eigenvalue weighted by Crippen LogP contribution is 2.43. The van der Waals surface area contributed by atoms with Crippen LogP contribution in [-0.4, -0.2) is 32.0 Å². The summed E-state index contributed by atoms with van der Waals surface area (Å²) in [6.07, 6.45) is 8.16. The lowest BCUT2D eigenvalue weighted by Gasteiger charge is -2.13. The largest absolute Gasteiger partial charge is 0.383 e.